The zero-order valence-corrected chi connectivity index (χ0v) is 18.7. The molecule has 0 unspecified atom stereocenters. The number of rotatable bonds is 0. The Hall–Kier alpha value is -3.52. The zero-order chi connectivity index (χ0) is 21.3. The van der Waals surface area contributed by atoms with Crippen LogP contribution in [-0.4, -0.2) is 0 Å². The summed E-state index contributed by atoms with van der Waals surface area (Å²) in [7, 11) is -12.3. The molecule has 0 heterocycles. The van der Waals surface area contributed by atoms with E-state index in [2.05, 4.69) is 0 Å². The third-order valence-electron chi connectivity index (χ3n) is 2.37. The first-order chi connectivity index (χ1) is 11.9. The number of hydrogen-bond donors (Lipinski definition) is 0. The molecular formula is C12Fe5N12. The van der Waals surface area contributed by atoms with Crippen molar-refractivity contribution < 1.29 is 72.7 Å². The molecule has 0 aromatic rings. The van der Waals surface area contributed by atoms with Gasteiger partial charge in [-0.3, -0.25) is 0 Å². The molecule has 29 heavy (non-hydrogen) atoms. The van der Waals surface area contributed by atoms with Crippen LogP contribution in [0.15, 0.2) is 0 Å². The van der Waals surface area contributed by atoms with Gasteiger partial charge < -0.3 is 0 Å². The maximum atomic E-state index is 8.58. The van der Waals surface area contributed by atoms with Gasteiger partial charge in [-0.05, 0) is 0 Å². The van der Waals surface area contributed by atoms with Crippen molar-refractivity contribution in [3.8, 4) is 59.6 Å². The monoisotopic (exact) mass is 592 g/mol. The topological polar surface area (TPSA) is 285 Å². The van der Waals surface area contributed by atoms with Crippen molar-refractivity contribution in [2.75, 3.05) is 0 Å². The van der Waals surface area contributed by atoms with Crippen LogP contribution in [0.25, 0.3) is 0 Å². The first kappa shape index (κ1) is 36.4. The van der Waals surface area contributed by atoms with E-state index in [4.69, 9.17) is 63.1 Å². The molecule has 148 valence electrons. The van der Waals surface area contributed by atoms with Crippen molar-refractivity contribution in [1.29, 1.82) is 63.1 Å². The molecule has 0 N–H and O–H groups in total. The van der Waals surface area contributed by atoms with Crippen LogP contribution in [-0.2, 0) is 72.7 Å². The van der Waals surface area contributed by atoms with Crippen molar-refractivity contribution in [1.82, 2.24) is 0 Å². The first-order valence-electron chi connectivity index (χ1n) is 4.80. The summed E-state index contributed by atoms with van der Waals surface area (Å²) in [5, 5.41) is 103. The molecule has 0 amide bonds. The Labute approximate surface area is 194 Å². The summed E-state index contributed by atoms with van der Waals surface area (Å²) in [6.07, 6.45) is 0. The Morgan fingerprint density at radius 1 is 0.241 bits per heavy atom. The van der Waals surface area contributed by atoms with Gasteiger partial charge in [0.15, 0.2) is 0 Å². The van der Waals surface area contributed by atoms with E-state index in [0.29, 0.717) is 0 Å². The molecule has 0 saturated carbocycles. The Morgan fingerprint density at radius 3 is 0.310 bits per heavy atom. The molecule has 0 aromatic carbocycles. The van der Waals surface area contributed by atoms with Crippen LogP contribution < -0.4 is 0 Å². The van der Waals surface area contributed by atoms with Crippen LogP contribution in [0.4, 0.5) is 0 Å². The summed E-state index contributed by atoms with van der Waals surface area (Å²) in [6, 6.07) is 0. The molecule has 0 aliphatic rings. The van der Waals surface area contributed by atoms with Gasteiger partial charge in [-0.1, -0.05) is 0 Å². The third-order valence-corrected chi connectivity index (χ3v) is 9.78. The van der Waals surface area contributed by atoms with Gasteiger partial charge in [0.2, 0.25) is 0 Å². The maximum Gasteiger partial charge on any atom is 2.00 e. The largest absolute Gasteiger partial charge is 2.00 e. The molecule has 12 nitrogen and oxygen atoms in total. The molecule has 0 fully saturated rings. The predicted octanol–water partition coefficient (Wildman–Crippen LogP) is 0.189. The smallest absolute Gasteiger partial charge is 2.00 e. The normalized spacial score (nSPS) is 12.0. The second kappa shape index (κ2) is 9.11. The van der Waals surface area contributed by atoms with Crippen molar-refractivity contribution in [2.24, 2.45) is 0 Å². The molecule has 0 aromatic heterocycles. The molecule has 0 aliphatic carbocycles. The van der Waals surface area contributed by atoms with E-state index in [9.17, 15) is 0 Å². The average Bonchev–Trinajstić information content (AvgIpc) is 2.77. The zero-order valence-electron chi connectivity index (χ0n) is 13.1. The Morgan fingerprint density at radius 2 is 0.310 bits per heavy atom. The van der Waals surface area contributed by atoms with Gasteiger partial charge >= 0.3 is 195 Å². The molecular weight excluding hydrogens is 591 g/mol. The summed E-state index contributed by atoms with van der Waals surface area (Å²) in [5.74, 6) is 0. The van der Waals surface area contributed by atoms with Gasteiger partial charge in [-0.25, -0.2) is 0 Å². The Kier molecular flexibility index (Phi) is 11.4. The van der Waals surface area contributed by atoms with Crippen LogP contribution in [0.2, 0.25) is 0 Å². The minimum Gasteiger partial charge on any atom is 2.00 e. The molecule has 0 rings (SSSR count). The van der Waals surface area contributed by atoms with Crippen LogP contribution in [0.5, 0.6) is 0 Å². The predicted molar refractivity (Wildman–Crippen MR) is 67.4 cm³/mol. The van der Waals surface area contributed by atoms with Gasteiger partial charge in [-0.2, -0.15) is 0 Å². The molecule has 0 atom stereocenters. The summed E-state index contributed by atoms with van der Waals surface area (Å²) in [6.45, 7) is 0. The molecule has 0 spiro atoms. The second-order valence-corrected chi connectivity index (χ2v) is 14.8. The summed E-state index contributed by atoms with van der Waals surface area (Å²) in [4.78, 5) is 12.4. The SMILES string of the molecule is N#[C][Fe-3]([C]#N)([C]#N)([C]#N)([C]#N)[C]#N.N#[C][Fe-3]([C]#N)([C]#N)([C]#N)([C]#N)[C]#N.[Fe+2].[Fe+2].[Fe+2]. The van der Waals surface area contributed by atoms with E-state index in [1.165, 1.54) is 0 Å². The van der Waals surface area contributed by atoms with Crippen molar-refractivity contribution in [3.63, 3.8) is 0 Å². The van der Waals surface area contributed by atoms with E-state index in [0.717, 1.165) is 59.6 Å². The second-order valence-electron chi connectivity index (χ2n) is 3.60. The summed E-state index contributed by atoms with van der Waals surface area (Å²) >= 11 is 0. The quantitative estimate of drug-likeness (QED) is 0.341. The first-order valence-corrected chi connectivity index (χ1v) is 11.4. The Bertz CT molecular complexity index is 885. The van der Waals surface area contributed by atoms with Crippen LogP contribution in [0, 0.1) is 123 Å². The van der Waals surface area contributed by atoms with Gasteiger partial charge in [0, 0.05) is 0 Å². The Balaban J connectivity index is -0.000000120. The van der Waals surface area contributed by atoms with Crippen molar-refractivity contribution >= 4 is 0 Å². The van der Waals surface area contributed by atoms with Gasteiger partial charge in [0.05, 0.1) is 0 Å². The van der Waals surface area contributed by atoms with Crippen LogP contribution in [0.3, 0.4) is 0 Å². The number of hydrogen-bond acceptors (Lipinski definition) is 12. The minimum absolute atomic E-state index is 0. The number of nitrogens with zero attached hydrogens (tertiary/aromatic N) is 12. The molecule has 0 aliphatic heterocycles. The van der Waals surface area contributed by atoms with E-state index in [-0.39, 0.29) is 51.2 Å². The van der Waals surface area contributed by atoms with Gasteiger partial charge in [0.25, 0.3) is 0 Å². The fourth-order valence-corrected chi connectivity index (χ4v) is 2.19. The van der Waals surface area contributed by atoms with Crippen LogP contribution >= 0.6 is 0 Å². The summed E-state index contributed by atoms with van der Waals surface area (Å²) < 4.78 is 0. The standard InChI is InChI=1S/12CN.5Fe/c12*1-2;;;;;/q;;;;;;;;;;;;2*-3;3*+2. The average molecular weight is 591 g/mol. The van der Waals surface area contributed by atoms with Crippen LogP contribution in [0.1, 0.15) is 0 Å². The molecule has 17 heteroatoms. The van der Waals surface area contributed by atoms with Gasteiger partial charge in [0.1, 0.15) is 0 Å². The fourth-order valence-electron chi connectivity index (χ4n) is 0.530. The van der Waals surface area contributed by atoms with Crippen molar-refractivity contribution in [2.45, 2.75) is 0 Å². The van der Waals surface area contributed by atoms with E-state index < -0.39 is 21.5 Å². The van der Waals surface area contributed by atoms with E-state index in [1.807, 2.05) is 0 Å². The molecule has 0 radical (unpaired) electrons. The fraction of sp³-hybridized carbons (Fsp3) is 0. The van der Waals surface area contributed by atoms with E-state index >= 15 is 0 Å². The third kappa shape index (κ3) is 3.88. The van der Waals surface area contributed by atoms with E-state index in [1.54, 1.807) is 0 Å². The van der Waals surface area contributed by atoms with Gasteiger partial charge in [-0.15, -0.1) is 0 Å². The minimum atomic E-state index is -6.17. The summed E-state index contributed by atoms with van der Waals surface area (Å²) in [5.41, 5.74) is 0. The maximum absolute atomic E-state index is 8.58. The molecule has 0 saturated heterocycles. The molecule has 0 bridgehead atoms. The van der Waals surface area contributed by atoms with Crippen molar-refractivity contribution in [3.05, 3.63) is 0 Å². The number of nitriles is 12.